The van der Waals surface area contributed by atoms with E-state index in [4.69, 9.17) is 9.47 Å². The summed E-state index contributed by atoms with van der Waals surface area (Å²) in [6.45, 7) is -0.715. The van der Waals surface area contributed by atoms with Gasteiger partial charge in [-0.2, -0.15) is 8.78 Å². The van der Waals surface area contributed by atoms with Crippen molar-refractivity contribution in [3.8, 4) is 5.75 Å². The third kappa shape index (κ3) is 3.36. The topological polar surface area (TPSA) is 102 Å². The van der Waals surface area contributed by atoms with Crippen molar-refractivity contribution in [2.45, 2.75) is 37.8 Å². The number of cyclic esters (lactones) is 1. The highest BCUT2D eigenvalue weighted by Crippen LogP contribution is 2.41. The molecule has 28 heavy (non-hydrogen) atoms. The second kappa shape index (κ2) is 7.28. The van der Waals surface area contributed by atoms with Crippen molar-refractivity contribution < 1.29 is 46.5 Å². The molecule has 11 heteroatoms. The summed E-state index contributed by atoms with van der Waals surface area (Å²) < 4.78 is 63.4. The number of amides is 1. The second-order valence-corrected chi connectivity index (χ2v) is 6.66. The summed E-state index contributed by atoms with van der Waals surface area (Å²) in [5, 5.41) is 11.7. The lowest BCUT2D eigenvalue weighted by atomic mass is 9.68. The van der Waals surface area contributed by atoms with E-state index in [9.17, 15) is 37.1 Å². The zero-order valence-electron chi connectivity index (χ0n) is 14.3. The summed E-state index contributed by atoms with van der Waals surface area (Å²) >= 11 is 0. The van der Waals surface area contributed by atoms with Crippen LogP contribution in [0.15, 0.2) is 6.07 Å². The summed E-state index contributed by atoms with van der Waals surface area (Å²) in [7, 11) is 0. The van der Waals surface area contributed by atoms with Gasteiger partial charge in [0.2, 0.25) is 17.5 Å². The SMILES string of the molecule is O=C1CC(NC(=O)C2(C(=O)O)CCC2)C(COc2c(F)c(F)cc(F)c2F)O1. The first-order valence-electron chi connectivity index (χ1n) is 8.35. The quantitative estimate of drug-likeness (QED) is 0.323. The van der Waals surface area contributed by atoms with Crippen molar-refractivity contribution in [2.24, 2.45) is 5.41 Å². The van der Waals surface area contributed by atoms with Gasteiger partial charge in [-0.3, -0.25) is 14.4 Å². The van der Waals surface area contributed by atoms with Gasteiger partial charge in [0.05, 0.1) is 12.5 Å². The highest BCUT2D eigenvalue weighted by atomic mass is 19.2. The van der Waals surface area contributed by atoms with E-state index in [0.717, 1.165) is 0 Å². The van der Waals surface area contributed by atoms with Gasteiger partial charge in [0.1, 0.15) is 12.0 Å². The van der Waals surface area contributed by atoms with Crippen LogP contribution in [0.2, 0.25) is 0 Å². The first kappa shape index (κ1) is 19.9. The van der Waals surface area contributed by atoms with E-state index < -0.39 is 71.0 Å². The molecule has 2 N–H and O–H groups in total. The summed E-state index contributed by atoms with van der Waals surface area (Å²) in [6, 6.07) is -1.01. The number of halogens is 4. The van der Waals surface area contributed by atoms with Crippen LogP contribution in [-0.2, 0) is 19.1 Å². The molecule has 1 aliphatic heterocycles. The van der Waals surface area contributed by atoms with Crippen molar-refractivity contribution in [1.82, 2.24) is 5.32 Å². The molecule has 0 bridgehead atoms. The molecule has 2 atom stereocenters. The van der Waals surface area contributed by atoms with Gasteiger partial charge in [-0.05, 0) is 12.8 Å². The Hall–Kier alpha value is -2.85. The van der Waals surface area contributed by atoms with Gasteiger partial charge in [0, 0.05) is 6.07 Å². The highest BCUT2D eigenvalue weighted by Gasteiger charge is 2.52. The predicted octanol–water partition coefficient (Wildman–Crippen LogP) is 1.68. The Kier molecular flexibility index (Phi) is 5.18. The first-order chi connectivity index (χ1) is 13.2. The molecule has 7 nitrogen and oxygen atoms in total. The molecule has 2 unspecified atom stereocenters. The number of hydrogen-bond donors (Lipinski definition) is 2. The van der Waals surface area contributed by atoms with Gasteiger partial charge < -0.3 is 19.9 Å². The lowest BCUT2D eigenvalue weighted by Crippen LogP contribution is -2.55. The van der Waals surface area contributed by atoms with Crippen LogP contribution in [0, 0.1) is 28.7 Å². The van der Waals surface area contributed by atoms with Crippen LogP contribution in [0.1, 0.15) is 25.7 Å². The van der Waals surface area contributed by atoms with Crippen LogP contribution in [0.3, 0.4) is 0 Å². The third-order valence-corrected chi connectivity index (χ3v) is 4.95. The lowest BCUT2D eigenvalue weighted by molar-refractivity contribution is -0.162. The molecule has 1 aromatic rings. The van der Waals surface area contributed by atoms with E-state index in [0.29, 0.717) is 6.42 Å². The monoisotopic (exact) mass is 405 g/mol. The smallest absolute Gasteiger partial charge is 0.319 e. The molecule has 1 amide bonds. The number of rotatable bonds is 6. The Labute approximate surface area is 155 Å². The second-order valence-electron chi connectivity index (χ2n) is 6.66. The third-order valence-electron chi connectivity index (χ3n) is 4.95. The van der Waals surface area contributed by atoms with Gasteiger partial charge in [-0.15, -0.1) is 0 Å². The van der Waals surface area contributed by atoms with E-state index >= 15 is 0 Å². The van der Waals surface area contributed by atoms with Gasteiger partial charge in [0.15, 0.2) is 23.5 Å². The Morgan fingerprint density at radius 3 is 2.32 bits per heavy atom. The van der Waals surface area contributed by atoms with E-state index in [2.05, 4.69) is 5.32 Å². The van der Waals surface area contributed by atoms with Crippen LogP contribution >= 0.6 is 0 Å². The van der Waals surface area contributed by atoms with Crippen molar-refractivity contribution in [3.63, 3.8) is 0 Å². The van der Waals surface area contributed by atoms with Gasteiger partial charge >= 0.3 is 11.9 Å². The number of ether oxygens (including phenoxy) is 2. The minimum Gasteiger partial charge on any atom is -0.483 e. The van der Waals surface area contributed by atoms with E-state index in [1.54, 1.807) is 0 Å². The molecular formula is C17H15F4NO6. The maximum Gasteiger partial charge on any atom is 0.319 e. The molecule has 0 radical (unpaired) electrons. The van der Waals surface area contributed by atoms with Gasteiger partial charge in [-0.1, -0.05) is 6.42 Å². The molecule has 2 fully saturated rings. The number of hydrogen-bond acceptors (Lipinski definition) is 5. The molecule has 1 aromatic carbocycles. The zero-order valence-corrected chi connectivity index (χ0v) is 14.3. The molecule has 1 saturated carbocycles. The summed E-state index contributed by atoms with van der Waals surface area (Å²) in [5.74, 6) is -11.1. The van der Waals surface area contributed by atoms with Crippen molar-refractivity contribution in [1.29, 1.82) is 0 Å². The standard InChI is InChI=1S/C17H15F4NO6/c18-7-4-8(19)13(21)14(12(7)20)27-6-10-9(5-11(23)28-10)22-15(24)17(16(25)26)2-1-3-17/h4,9-10H,1-3,5-6H2,(H,22,24)(H,25,26). The molecule has 0 aromatic heterocycles. The van der Waals surface area contributed by atoms with Crippen molar-refractivity contribution >= 4 is 17.8 Å². The molecule has 1 heterocycles. The number of nitrogens with one attached hydrogen (secondary N) is 1. The molecule has 3 rings (SSSR count). The highest BCUT2D eigenvalue weighted by molar-refractivity contribution is 6.03. The molecule has 152 valence electrons. The minimum absolute atomic E-state index is 0.0140. The zero-order chi connectivity index (χ0) is 20.6. The van der Waals surface area contributed by atoms with Crippen LogP contribution < -0.4 is 10.1 Å². The fourth-order valence-electron chi connectivity index (χ4n) is 3.12. The Bertz CT molecular complexity index is 815. The predicted molar refractivity (Wildman–Crippen MR) is 82.1 cm³/mol. The van der Waals surface area contributed by atoms with E-state index in [-0.39, 0.29) is 25.3 Å². The maximum atomic E-state index is 13.6. The number of carbonyl (C=O) groups excluding carboxylic acids is 2. The summed E-state index contributed by atoms with van der Waals surface area (Å²) in [4.78, 5) is 35.3. The van der Waals surface area contributed by atoms with Crippen LogP contribution in [0.25, 0.3) is 0 Å². The van der Waals surface area contributed by atoms with Crippen LogP contribution in [0.4, 0.5) is 17.6 Å². The fourth-order valence-corrected chi connectivity index (χ4v) is 3.12. The number of carbonyl (C=O) groups is 3. The molecule has 0 spiro atoms. The molecule has 1 aliphatic carbocycles. The van der Waals surface area contributed by atoms with Crippen molar-refractivity contribution in [3.05, 3.63) is 29.3 Å². The number of esters is 1. The van der Waals surface area contributed by atoms with Gasteiger partial charge in [0.25, 0.3) is 0 Å². The minimum atomic E-state index is -1.76. The number of carboxylic acid groups (broad SMARTS) is 1. The fraction of sp³-hybridized carbons (Fsp3) is 0.471. The average molecular weight is 405 g/mol. The molecule has 2 aliphatic rings. The molecular weight excluding hydrogens is 390 g/mol. The summed E-state index contributed by atoms with van der Waals surface area (Å²) in [5.41, 5.74) is -1.60. The maximum absolute atomic E-state index is 13.6. The first-order valence-corrected chi connectivity index (χ1v) is 8.35. The van der Waals surface area contributed by atoms with E-state index in [1.807, 2.05) is 0 Å². The van der Waals surface area contributed by atoms with Crippen molar-refractivity contribution in [2.75, 3.05) is 6.61 Å². The Balaban J connectivity index is 1.71. The molecule has 1 saturated heterocycles. The summed E-state index contributed by atoms with van der Waals surface area (Å²) in [6.07, 6.45) is -0.729. The number of aliphatic carboxylic acids is 1. The number of benzene rings is 1. The van der Waals surface area contributed by atoms with Crippen LogP contribution in [-0.4, -0.2) is 41.7 Å². The Morgan fingerprint density at radius 1 is 1.21 bits per heavy atom. The van der Waals surface area contributed by atoms with Crippen LogP contribution in [0.5, 0.6) is 5.75 Å². The van der Waals surface area contributed by atoms with E-state index in [1.165, 1.54) is 0 Å². The average Bonchev–Trinajstić information content (AvgIpc) is 2.91. The van der Waals surface area contributed by atoms with Gasteiger partial charge in [-0.25, -0.2) is 8.78 Å². The number of carboxylic acids is 1. The Morgan fingerprint density at radius 2 is 1.82 bits per heavy atom. The largest absolute Gasteiger partial charge is 0.483 e. The lowest BCUT2D eigenvalue weighted by Gasteiger charge is -2.36. The normalized spacial score (nSPS) is 22.9.